The molecule has 0 aliphatic heterocycles. The Labute approximate surface area is 179 Å². The lowest BCUT2D eigenvalue weighted by Gasteiger charge is -2.22. The number of amides is 2. The molecule has 7 heteroatoms. The van der Waals surface area contributed by atoms with Crippen LogP contribution in [0.1, 0.15) is 29.8 Å². The molecule has 2 amide bonds. The average Bonchev–Trinajstić information content (AvgIpc) is 2.67. The fourth-order valence-corrected chi connectivity index (χ4v) is 3.32. The number of rotatable bonds is 7. The summed E-state index contributed by atoms with van der Waals surface area (Å²) in [4.78, 5) is 25.6. The van der Waals surface area contributed by atoms with Crippen LogP contribution in [0.2, 0.25) is 0 Å². The first-order chi connectivity index (χ1) is 13.2. The van der Waals surface area contributed by atoms with Crippen molar-refractivity contribution in [3.05, 3.63) is 51.1 Å². The summed E-state index contributed by atoms with van der Waals surface area (Å²) in [7, 11) is 3.04. The predicted octanol–water partition coefficient (Wildman–Crippen LogP) is 4.01. The van der Waals surface area contributed by atoms with Crippen LogP contribution in [0.3, 0.4) is 0 Å². The molecule has 0 aliphatic rings. The Hall–Kier alpha value is -2.29. The maximum absolute atomic E-state index is 12.8. The molecule has 28 heavy (non-hydrogen) atoms. The first kappa shape index (κ1) is 22.0. The number of ether oxygens (including phenoxy) is 2. The Morgan fingerprint density at radius 3 is 2.11 bits per heavy atom. The van der Waals surface area contributed by atoms with Gasteiger partial charge in [0, 0.05) is 20.9 Å². The van der Waals surface area contributed by atoms with Gasteiger partial charge in [-0.15, -0.1) is 0 Å². The van der Waals surface area contributed by atoms with Crippen LogP contribution in [0.4, 0.5) is 5.69 Å². The number of anilines is 1. The Bertz CT molecular complexity index is 845. The SMILES string of the molecule is COc1cc(OC)cc(C(=O)NC(C(=O)Nc2ccc(I)cc2C)C(C)C)c1. The maximum atomic E-state index is 12.8. The third kappa shape index (κ3) is 5.60. The Morgan fingerprint density at radius 1 is 1.00 bits per heavy atom. The molecule has 0 fully saturated rings. The minimum absolute atomic E-state index is 0.0967. The van der Waals surface area contributed by atoms with Crippen LogP contribution in [0, 0.1) is 16.4 Å². The van der Waals surface area contributed by atoms with Crippen LogP contribution in [0.5, 0.6) is 11.5 Å². The Balaban J connectivity index is 2.20. The van der Waals surface area contributed by atoms with Crippen molar-refractivity contribution in [1.82, 2.24) is 5.32 Å². The number of hydrogen-bond acceptors (Lipinski definition) is 4. The highest BCUT2D eigenvalue weighted by Crippen LogP contribution is 2.23. The summed E-state index contributed by atoms with van der Waals surface area (Å²) in [5.74, 6) is 0.280. The molecular formula is C21H25IN2O4. The van der Waals surface area contributed by atoms with Gasteiger partial charge < -0.3 is 20.1 Å². The third-order valence-electron chi connectivity index (χ3n) is 4.30. The minimum atomic E-state index is -0.691. The van der Waals surface area contributed by atoms with Crippen molar-refractivity contribution in [2.45, 2.75) is 26.8 Å². The fraction of sp³-hybridized carbons (Fsp3) is 0.333. The molecule has 0 heterocycles. The van der Waals surface area contributed by atoms with Crippen LogP contribution in [0.15, 0.2) is 36.4 Å². The van der Waals surface area contributed by atoms with Crippen molar-refractivity contribution < 1.29 is 19.1 Å². The molecule has 0 saturated heterocycles. The van der Waals surface area contributed by atoms with Crippen molar-refractivity contribution >= 4 is 40.1 Å². The molecule has 6 nitrogen and oxygen atoms in total. The number of nitrogens with one attached hydrogen (secondary N) is 2. The monoisotopic (exact) mass is 496 g/mol. The molecule has 0 bridgehead atoms. The van der Waals surface area contributed by atoms with E-state index in [9.17, 15) is 9.59 Å². The number of carbonyl (C=O) groups excluding carboxylic acids is 2. The molecule has 150 valence electrons. The lowest BCUT2D eigenvalue weighted by atomic mass is 10.0. The molecule has 0 radical (unpaired) electrons. The molecule has 2 rings (SSSR count). The lowest BCUT2D eigenvalue weighted by Crippen LogP contribution is -2.47. The van der Waals surface area contributed by atoms with Gasteiger partial charge in [-0.3, -0.25) is 9.59 Å². The molecule has 0 saturated carbocycles. The second-order valence-electron chi connectivity index (χ2n) is 6.74. The highest BCUT2D eigenvalue weighted by molar-refractivity contribution is 14.1. The van der Waals surface area contributed by atoms with Crippen molar-refractivity contribution in [2.75, 3.05) is 19.5 Å². The molecule has 1 unspecified atom stereocenters. The molecule has 0 aliphatic carbocycles. The summed E-state index contributed by atoms with van der Waals surface area (Å²) in [6.45, 7) is 5.71. The van der Waals surface area contributed by atoms with E-state index in [1.807, 2.05) is 39.0 Å². The summed E-state index contributed by atoms with van der Waals surface area (Å²) in [6, 6.07) is 9.98. The maximum Gasteiger partial charge on any atom is 0.252 e. The summed E-state index contributed by atoms with van der Waals surface area (Å²) >= 11 is 2.22. The normalized spacial score (nSPS) is 11.7. The van der Waals surface area contributed by atoms with Gasteiger partial charge in [0.1, 0.15) is 17.5 Å². The van der Waals surface area contributed by atoms with E-state index in [1.165, 1.54) is 14.2 Å². The van der Waals surface area contributed by atoms with Gasteiger partial charge in [0.2, 0.25) is 5.91 Å². The second kappa shape index (κ2) is 9.77. The van der Waals surface area contributed by atoms with Gasteiger partial charge in [-0.1, -0.05) is 13.8 Å². The lowest BCUT2D eigenvalue weighted by molar-refractivity contribution is -0.118. The second-order valence-corrected chi connectivity index (χ2v) is 7.99. The van der Waals surface area contributed by atoms with Gasteiger partial charge in [0.25, 0.3) is 5.91 Å². The quantitative estimate of drug-likeness (QED) is 0.569. The molecule has 0 aromatic heterocycles. The summed E-state index contributed by atoms with van der Waals surface area (Å²) in [6.07, 6.45) is 0. The molecule has 2 N–H and O–H groups in total. The van der Waals surface area contributed by atoms with Crippen LogP contribution < -0.4 is 20.1 Å². The summed E-state index contributed by atoms with van der Waals surface area (Å²) in [5, 5.41) is 5.74. The number of carbonyl (C=O) groups is 2. The zero-order valence-electron chi connectivity index (χ0n) is 16.6. The summed E-state index contributed by atoms with van der Waals surface area (Å²) < 4.78 is 11.5. The van der Waals surface area contributed by atoms with Crippen molar-refractivity contribution in [2.24, 2.45) is 5.92 Å². The van der Waals surface area contributed by atoms with Crippen molar-refractivity contribution in [3.8, 4) is 11.5 Å². The molecule has 2 aromatic rings. The average molecular weight is 496 g/mol. The number of aryl methyl sites for hydroxylation is 1. The highest BCUT2D eigenvalue weighted by atomic mass is 127. The first-order valence-corrected chi connectivity index (χ1v) is 9.94. The van der Waals surface area contributed by atoms with Crippen molar-refractivity contribution in [3.63, 3.8) is 0 Å². The van der Waals surface area contributed by atoms with E-state index in [2.05, 4.69) is 33.2 Å². The fourth-order valence-electron chi connectivity index (χ4n) is 2.68. The Kier molecular flexibility index (Phi) is 7.68. The van der Waals surface area contributed by atoms with E-state index in [-0.39, 0.29) is 17.7 Å². The Morgan fingerprint density at radius 2 is 1.61 bits per heavy atom. The molecule has 2 aromatic carbocycles. The first-order valence-electron chi connectivity index (χ1n) is 8.86. The van der Waals surface area contributed by atoms with Gasteiger partial charge in [-0.05, 0) is 71.3 Å². The zero-order chi connectivity index (χ0) is 20.8. The van der Waals surface area contributed by atoms with Gasteiger partial charge >= 0.3 is 0 Å². The number of halogens is 1. The zero-order valence-corrected chi connectivity index (χ0v) is 18.8. The van der Waals surface area contributed by atoms with Crippen LogP contribution >= 0.6 is 22.6 Å². The van der Waals surface area contributed by atoms with Crippen molar-refractivity contribution in [1.29, 1.82) is 0 Å². The van der Waals surface area contributed by atoms with Gasteiger partial charge in [-0.2, -0.15) is 0 Å². The van der Waals surface area contributed by atoms with E-state index in [1.54, 1.807) is 18.2 Å². The smallest absolute Gasteiger partial charge is 0.252 e. The van der Waals surface area contributed by atoms with Crippen LogP contribution in [-0.4, -0.2) is 32.1 Å². The van der Waals surface area contributed by atoms with Crippen LogP contribution in [-0.2, 0) is 4.79 Å². The predicted molar refractivity (Wildman–Crippen MR) is 118 cm³/mol. The van der Waals surface area contributed by atoms with E-state index < -0.39 is 6.04 Å². The number of hydrogen-bond donors (Lipinski definition) is 2. The molecular weight excluding hydrogens is 471 g/mol. The topological polar surface area (TPSA) is 76.7 Å². The largest absolute Gasteiger partial charge is 0.497 e. The highest BCUT2D eigenvalue weighted by Gasteiger charge is 2.25. The van der Waals surface area contributed by atoms with E-state index >= 15 is 0 Å². The molecule has 0 spiro atoms. The number of benzene rings is 2. The van der Waals surface area contributed by atoms with Gasteiger partial charge in [-0.25, -0.2) is 0 Å². The standard InChI is InChI=1S/C21H25IN2O4/c1-12(2)19(21(26)23-18-7-6-15(22)8-13(18)3)24-20(25)14-9-16(27-4)11-17(10-14)28-5/h6-12,19H,1-5H3,(H,23,26)(H,24,25). The summed E-state index contributed by atoms with van der Waals surface area (Å²) in [5.41, 5.74) is 2.06. The van der Waals surface area contributed by atoms with E-state index in [0.717, 1.165) is 14.8 Å². The van der Waals surface area contributed by atoms with E-state index in [4.69, 9.17) is 9.47 Å². The van der Waals surface area contributed by atoms with Gasteiger partial charge in [0.05, 0.1) is 14.2 Å². The van der Waals surface area contributed by atoms with E-state index in [0.29, 0.717) is 17.1 Å². The molecule has 1 atom stereocenters. The van der Waals surface area contributed by atoms with Gasteiger partial charge in [0.15, 0.2) is 0 Å². The number of methoxy groups -OCH3 is 2. The minimum Gasteiger partial charge on any atom is -0.497 e. The third-order valence-corrected chi connectivity index (χ3v) is 4.97. The van der Waals surface area contributed by atoms with Crippen LogP contribution in [0.25, 0.3) is 0 Å².